The van der Waals surface area contributed by atoms with Crippen LogP contribution in [0.1, 0.15) is 19.4 Å². The van der Waals surface area contributed by atoms with E-state index < -0.39 is 5.60 Å². The topological polar surface area (TPSA) is 83.8 Å². The van der Waals surface area contributed by atoms with Crippen LogP contribution in [0.15, 0.2) is 101 Å². The lowest BCUT2D eigenvalue weighted by atomic mass is 9.95. The number of nitriles is 3. The summed E-state index contributed by atoms with van der Waals surface area (Å²) >= 11 is 0. The Hall–Kier alpha value is -4.53. The van der Waals surface area contributed by atoms with Crippen molar-refractivity contribution in [2.24, 2.45) is 0 Å². The number of rotatable bonds is 4. The van der Waals surface area contributed by atoms with Crippen molar-refractivity contribution in [3.63, 3.8) is 0 Å². The largest absolute Gasteiger partial charge is 0.480 e. The third-order valence-corrected chi connectivity index (χ3v) is 5.16. The lowest BCUT2D eigenvalue weighted by Crippen LogP contribution is -2.20. The summed E-state index contributed by atoms with van der Waals surface area (Å²) in [5.74, 6) is 0.0453. The molecule has 2 aliphatic heterocycles. The third-order valence-electron chi connectivity index (χ3n) is 5.16. The molecular weight excluding hydrogens is 396 g/mol. The number of allylic oxidation sites excluding steroid dienone is 9. The minimum absolute atomic E-state index is 0.0453. The number of nitrogens with zero attached hydrogens (tertiary/aromatic N) is 4. The van der Waals surface area contributed by atoms with Crippen LogP contribution in [-0.4, -0.2) is 12.6 Å². The molecular formula is C27H22N4O. The number of fused-ring (bicyclic) bond motifs is 1. The maximum atomic E-state index is 9.54. The van der Waals surface area contributed by atoms with Gasteiger partial charge < -0.3 is 9.64 Å². The number of ether oxygens (including phenoxy) is 1. The van der Waals surface area contributed by atoms with Gasteiger partial charge in [-0.1, -0.05) is 60.7 Å². The highest BCUT2D eigenvalue weighted by atomic mass is 16.5. The van der Waals surface area contributed by atoms with Gasteiger partial charge in [-0.05, 0) is 37.6 Å². The van der Waals surface area contributed by atoms with Crippen LogP contribution < -0.4 is 4.90 Å². The molecule has 0 saturated carbocycles. The number of likely N-dealkylation sites (N-methyl/N-ethyl adjacent to an activating group) is 1. The summed E-state index contributed by atoms with van der Waals surface area (Å²) in [6.07, 6.45) is 17.4. The van der Waals surface area contributed by atoms with Crippen molar-refractivity contribution in [1.82, 2.24) is 0 Å². The van der Waals surface area contributed by atoms with Gasteiger partial charge in [0.2, 0.25) is 0 Å². The van der Waals surface area contributed by atoms with Crippen molar-refractivity contribution in [2.45, 2.75) is 19.4 Å². The maximum absolute atomic E-state index is 9.54. The first-order chi connectivity index (χ1) is 15.4. The van der Waals surface area contributed by atoms with Gasteiger partial charge in [0.25, 0.3) is 0 Å². The first kappa shape index (κ1) is 22.2. The molecule has 0 spiro atoms. The standard InChI is InChI=1S/C27H22N4O/c1-27(2)24(23(19-30)26(32-27)21(17-28)18-29)13-8-6-4-5-7-12-22-16-15-20-11-9-10-14-25(20)31(22)3/h4-16H,1-3H3/b6-4+,7-5+,13-8+,22-12+. The van der Waals surface area contributed by atoms with E-state index in [1.165, 1.54) is 11.3 Å². The number of para-hydroxylation sites is 1. The predicted octanol–water partition coefficient (Wildman–Crippen LogP) is 5.63. The quantitative estimate of drug-likeness (QED) is 0.467. The van der Waals surface area contributed by atoms with Crippen molar-refractivity contribution in [1.29, 1.82) is 15.8 Å². The molecule has 2 heterocycles. The van der Waals surface area contributed by atoms with Crippen LogP contribution in [0.25, 0.3) is 6.08 Å². The van der Waals surface area contributed by atoms with Crippen molar-refractivity contribution >= 4 is 11.8 Å². The van der Waals surface area contributed by atoms with Crippen LogP contribution >= 0.6 is 0 Å². The lowest BCUT2D eigenvalue weighted by molar-refractivity contribution is 0.0954. The average Bonchev–Trinajstić information content (AvgIpc) is 3.05. The Morgan fingerprint density at radius 2 is 1.66 bits per heavy atom. The van der Waals surface area contributed by atoms with Gasteiger partial charge in [-0.15, -0.1) is 0 Å². The summed E-state index contributed by atoms with van der Waals surface area (Å²) < 4.78 is 5.74. The smallest absolute Gasteiger partial charge is 0.172 e. The zero-order valence-corrected chi connectivity index (χ0v) is 18.2. The fraction of sp³-hybridized carbons (Fsp3) is 0.148. The second-order valence-corrected chi connectivity index (χ2v) is 7.61. The summed E-state index contributed by atoms with van der Waals surface area (Å²) in [6, 6.07) is 13.9. The molecule has 0 atom stereocenters. The molecule has 0 bridgehead atoms. The SMILES string of the molecule is CN1/C(=C/C=C/C=C/C=C/C2=C(C#N)C(=C(C#N)C#N)OC2(C)C)C=Cc2ccccc21. The first-order valence-electron chi connectivity index (χ1n) is 10.0. The number of hydrogen-bond acceptors (Lipinski definition) is 5. The summed E-state index contributed by atoms with van der Waals surface area (Å²) in [4.78, 5) is 2.14. The molecule has 0 unspecified atom stereocenters. The van der Waals surface area contributed by atoms with Gasteiger partial charge in [0, 0.05) is 24.0 Å². The van der Waals surface area contributed by atoms with E-state index in [2.05, 4.69) is 35.3 Å². The zero-order valence-electron chi connectivity index (χ0n) is 18.2. The van der Waals surface area contributed by atoms with Crippen molar-refractivity contribution in [3.8, 4) is 18.2 Å². The zero-order chi connectivity index (χ0) is 23.1. The molecule has 156 valence electrons. The van der Waals surface area contributed by atoms with Gasteiger partial charge in [0.15, 0.2) is 11.3 Å². The van der Waals surface area contributed by atoms with E-state index in [1.54, 1.807) is 38.1 Å². The highest BCUT2D eigenvalue weighted by Crippen LogP contribution is 2.40. The fourth-order valence-corrected chi connectivity index (χ4v) is 3.51. The van der Waals surface area contributed by atoms with E-state index in [9.17, 15) is 5.26 Å². The summed E-state index contributed by atoms with van der Waals surface area (Å²) in [7, 11) is 2.04. The van der Waals surface area contributed by atoms with Crippen LogP contribution in [0, 0.1) is 34.0 Å². The molecule has 2 aliphatic rings. The Morgan fingerprint density at radius 1 is 0.969 bits per heavy atom. The van der Waals surface area contributed by atoms with Crippen LogP contribution in [0.5, 0.6) is 0 Å². The molecule has 0 aliphatic carbocycles. The molecule has 0 aromatic heterocycles. The average molecular weight is 419 g/mol. The molecule has 5 heteroatoms. The molecule has 32 heavy (non-hydrogen) atoms. The highest BCUT2D eigenvalue weighted by molar-refractivity contribution is 5.76. The third kappa shape index (κ3) is 4.46. The number of anilines is 1. The molecule has 0 N–H and O–H groups in total. The monoisotopic (exact) mass is 418 g/mol. The molecule has 1 aromatic rings. The van der Waals surface area contributed by atoms with Crippen LogP contribution in [0.3, 0.4) is 0 Å². The Morgan fingerprint density at radius 3 is 2.38 bits per heavy atom. The molecule has 0 fully saturated rings. The van der Waals surface area contributed by atoms with Gasteiger partial charge in [-0.3, -0.25) is 0 Å². The van der Waals surface area contributed by atoms with Gasteiger partial charge in [0.1, 0.15) is 29.4 Å². The van der Waals surface area contributed by atoms with E-state index in [0.717, 1.165) is 5.70 Å². The predicted molar refractivity (Wildman–Crippen MR) is 125 cm³/mol. The van der Waals surface area contributed by atoms with Crippen molar-refractivity contribution in [3.05, 3.63) is 107 Å². The molecule has 0 radical (unpaired) electrons. The maximum Gasteiger partial charge on any atom is 0.172 e. The van der Waals surface area contributed by atoms with E-state index in [4.69, 9.17) is 15.3 Å². The van der Waals surface area contributed by atoms with E-state index >= 15 is 0 Å². The highest BCUT2D eigenvalue weighted by Gasteiger charge is 2.38. The molecule has 1 aromatic carbocycles. The molecule has 0 amide bonds. The van der Waals surface area contributed by atoms with Crippen LogP contribution in [-0.2, 0) is 4.74 Å². The Bertz CT molecular complexity index is 1250. The van der Waals surface area contributed by atoms with Crippen LogP contribution in [0.4, 0.5) is 5.69 Å². The van der Waals surface area contributed by atoms with Crippen LogP contribution in [0.2, 0.25) is 0 Å². The summed E-state index contributed by atoms with van der Waals surface area (Å²) in [5, 5.41) is 27.8. The Kier molecular flexibility index (Phi) is 6.59. The molecule has 3 rings (SSSR count). The summed E-state index contributed by atoms with van der Waals surface area (Å²) in [6.45, 7) is 3.59. The van der Waals surface area contributed by atoms with E-state index in [0.29, 0.717) is 5.57 Å². The minimum atomic E-state index is -0.807. The van der Waals surface area contributed by atoms with E-state index in [-0.39, 0.29) is 16.9 Å². The van der Waals surface area contributed by atoms with Gasteiger partial charge in [0.05, 0.1) is 0 Å². The Labute approximate surface area is 188 Å². The molecule has 5 nitrogen and oxygen atoms in total. The first-order valence-corrected chi connectivity index (χ1v) is 10.0. The summed E-state index contributed by atoms with van der Waals surface area (Å²) in [5.41, 5.74) is 3.28. The number of hydrogen-bond donors (Lipinski definition) is 0. The minimum Gasteiger partial charge on any atom is -0.480 e. The van der Waals surface area contributed by atoms with Crippen molar-refractivity contribution < 1.29 is 4.74 Å². The van der Waals surface area contributed by atoms with Gasteiger partial charge in [-0.2, -0.15) is 15.8 Å². The second kappa shape index (κ2) is 9.52. The van der Waals surface area contributed by atoms with Crippen molar-refractivity contribution in [2.75, 3.05) is 11.9 Å². The Balaban J connectivity index is 1.73. The molecule has 0 saturated heterocycles. The van der Waals surface area contributed by atoms with E-state index in [1.807, 2.05) is 49.6 Å². The lowest BCUT2D eigenvalue weighted by Gasteiger charge is -2.25. The fourth-order valence-electron chi connectivity index (χ4n) is 3.51. The normalized spacial score (nSPS) is 18.2. The number of benzene rings is 1. The van der Waals surface area contributed by atoms with Gasteiger partial charge in [-0.25, -0.2) is 0 Å². The second-order valence-electron chi connectivity index (χ2n) is 7.61. The van der Waals surface area contributed by atoms with Gasteiger partial charge >= 0.3 is 0 Å².